The second-order valence-corrected chi connectivity index (χ2v) is 4.99. The summed E-state index contributed by atoms with van der Waals surface area (Å²) in [7, 11) is 0. The van der Waals surface area contributed by atoms with Gasteiger partial charge in [-0.15, -0.1) is 6.58 Å². The van der Waals surface area contributed by atoms with Crippen molar-refractivity contribution in [3.8, 4) is 0 Å². The monoisotopic (exact) mass is 290 g/mol. The maximum absolute atomic E-state index is 10.4. The molecule has 0 rings (SSSR count). The summed E-state index contributed by atoms with van der Waals surface area (Å²) in [5.41, 5.74) is 0. The highest BCUT2D eigenvalue weighted by Crippen LogP contribution is 2.08. The summed E-state index contributed by atoms with van der Waals surface area (Å²) in [6, 6.07) is 0. The largest absolute Gasteiger partial charge is 0.379 e. The first-order chi connectivity index (χ1) is 9.27. The SMILES string of the molecule is C=CCCCCCCCCCOCCOCC(=O)Cl. The van der Waals surface area contributed by atoms with Crippen molar-refractivity contribution in [2.45, 2.75) is 51.4 Å². The zero-order valence-corrected chi connectivity index (χ0v) is 12.6. The quantitative estimate of drug-likeness (QED) is 0.259. The summed E-state index contributed by atoms with van der Waals surface area (Å²) in [4.78, 5) is 10.4. The molecule has 0 bridgehead atoms. The second kappa shape index (κ2) is 15.7. The molecule has 3 nitrogen and oxygen atoms in total. The van der Waals surface area contributed by atoms with E-state index in [2.05, 4.69) is 6.58 Å². The van der Waals surface area contributed by atoms with Crippen molar-refractivity contribution >= 4 is 16.8 Å². The summed E-state index contributed by atoms with van der Waals surface area (Å²) < 4.78 is 10.4. The molecule has 0 aliphatic carbocycles. The smallest absolute Gasteiger partial charge is 0.247 e. The van der Waals surface area contributed by atoms with Gasteiger partial charge in [0.25, 0.3) is 0 Å². The number of halogens is 1. The van der Waals surface area contributed by atoms with Crippen molar-refractivity contribution in [1.29, 1.82) is 0 Å². The minimum Gasteiger partial charge on any atom is -0.379 e. The zero-order chi connectivity index (χ0) is 14.2. The van der Waals surface area contributed by atoms with E-state index in [1.807, 2.05) is 6.08 Å². The number of carbonyl (C=O) groups is 1. The standard InChI is InChI=1S/C15H27ClO3/c1-2-3-4-5-6-7-8-9-10-11-18-12-13-19-14-15(16)17/h2H,1,3-14H2. The van der Waals surface area contributed by atoms with Crippen molar-refractivity contribution < 1.29 is 14.3 Å². The Bertz CT molecular complexity index is 219. The number of unbranched alkanes of at least 4 members (excludes halogenated alkanes) is 7. The highest BCUT2D eigenvalue weighted by Gasteiger charge is 1.96. The number of carbonyl (C=O) groups excluding carboxylic acids is 1. The Labute approximate surface area is 122 Å². The number of allylic oxidation sites excluding steroid dienone is 1. The van der Waals surface area contributed by atoms with E-state index in [0.29, 0.717) is 13.2 Å². The third-order valence-electron chi connectivity index (χ3n) is 2.78. The highest BCUT2D eigenvalue weighted by atomic mass is 35.5. The van der Waals surface area contributed by atoms with Crippen molar-refractivity contribution in [2.24, 2.45) is 0 Å². The van der Waals surface area contributed by atoms with E-state index in [1.165, 1.54) is 38.5 Å². The van der Waals surface area contributed by atoms with Gasteiger partial charge in [0.2, 0.25) is 5.24 Å². The number of ether oxygens (including phenoxy) is 2. The maximum atomic E-state index is 10.4. The molecule has 0 unspecified atom stereocenters. The van der Waals surface area contributed by atoms with Crippen LogP contribution in [0.15, 0.2) is 12.7 Å². The van der Waals surface area contributed by atoms with Crippen LogP contribution >= 0.6 is 11.6 Å². The highest BCUT2D eigenvalue weighted by molar-refractivity contribution is 6.63. The van der Waals surface area contributed by atoms with Crippen LogP contribution < -0.4 is 0 Å². The molecule has 0 aliphatic heterocycles. The average Bonchev–Trinajstić information content (AvgIpc) is 2.39. The molecule has 112 valence electrons. The summed E-state index contributed by atoms with van der Waals surface area (Å²) in [6.45, 7) is 5.42. The van der Waals surface area contributed by atoms with Crippen LogP contribution in [0, 0.1) is 0 Å². The first kappa shape index (κ1) is 18.6. The van der Waals surface area contributed by atoms with Crippen LogP contribution in [0.5, 0.6) is 0 Å². The summed E-state index contributed by atoms with van der Waals surface area (Å²) in [5.74, 6) is 0. The first-order valence-electron chi connectivity index (χ1n) is 7.22. The third kappa shape index (κ3) is 17.6. The fourth-order valence-corrected chi connectivity index (χ4v) is 1.83. The van der Waals surface area contributed by atoms with E-state index < -0.39 is 5.24 Å². The lowest BCUT2D eigenvalue weighted by molar-refractivity contribution is -0.116. The molecule has 4 heteroatoms. The summed E-state index contributed by atoms with van der Waals surface area (Å²) >= 11 is 5.12. The molecule has 0 amide bonds. The Morgan fingerprint density at radius 3 is 2.11 bits per heavy atom. The van der Waals surface area contributed by atoms with Crippen LogP contribution in [0.4, 0.5) is 0 Å². The van der Waals surface area contributed by atoms with Crippen LogP contribution in [0.25, 0.3) is 0 Å². The molecule has 0 heterocycles. The van der Waals surface area contributed by atoms with Gasteiger partial charge >= 0.3 is 0 Å². The number of hydrogen-bond acceptors (Lipinski definition) is 3. The molecular formula is C15H27ClO3. The second-order valence-electron chi connectivity index (χ2n) is 4.57. The lowest BCUT2D eigenvalue weighted by Gasteiger charge is -2.04. The minimum atomic E-state index is -0.465. The van der Waals surface area contributed by atoms with Gasteiger partial charge in [0, 0.05) is 6.61 Å². The zero-order valence-electron chi connectivity index (χ0n) is 11.9. The van der Waals surface area contributed by atoms with E-state index in [9.17, 15) is 4.79 Å². The average molecular weight is 291 g/mol. The van der Waals surface area contributed by atoms with Crippen LogP contribution in [-0.4, -0.2) is 31.7 Å². The van der Waals surface area contributed by atoms with E-state index in [4.69, 9.17) is 21.1 Å². The van der Waals surface area contributed by atoms with Gasteiger partial charge in [-0.05, 0) is 30.9 Å². The topological polar surface area (TPSA) is 35.5 Å². The first-order valence-corrected chi connectivity index (χ1v) is 7.60. The summed E-state index contributed by atoms with van der Waals surface area (Å²) in [5, 5.41) is -0.465. The van der Waals surface area contributed by atoms with Gasteiger partial charge in [0.1, 0.15) is 6.61 Å². The van der Waals surface area contributed by atoms with Gasteiger partial charge in [-0.2, -0.15) is 0 Å². The van der Waals surface area contributed by atoms with E-state index >= 15 is 0 Å². The van der Waals surface area contributed by atoms with E-state index in [1.54, 1.807) is 0 Å². The molecule has 0 aromatic carbocycles. The Morgan fingerprint density at radius 1 is 0.895 bits per heavy atom. The van der Waals surface area contributed by atoms with Crippen molar-refractivity contribution in [1.82, 2.24) is 0 Å². The molecule has 0 aliphatic rings. The fraction of sp³-hybridized carbons (Fsp3) is 0.800. The molecule has 19 heavy (non-hydrogen) atoms. The molecule has 0 saturated heterocycles. The molecule has 0 aromatic heterocycles. The Morgan fingerprint density at radius 2 is 1.47 bits per heavy atom. The Balaban J connectivity index is 2.95. The van der Waals surface area contributed by atoms with Gasteiger partial charge in [-0.3, -0.25) is 4.79 Å². The molecule has 0 radical (unpaired) electrons. The van der Waals surface area contributed by atoms with Crippen molar-refractivity contribution in [3.63, 3.8) is 0 Å². The fourth-order valence-electron chi connectivity index (χ4n) is 1.75. The van der Waals surface area contributed by atoms with E-state index in [-0.39, 0.29) is 6.61 Å². The van der Waals surface area contributed by atoms with Gasteiger partial charge in [-0.1, -0.05) is 38.2 Å². The molecule has 0 atom stereocenters. The molecule has 0 spiro atoms. The lowest BCUT2D eigenvalue weighted by atomic mass is 10.1. The normalized spacial score (nSPS) is 10.6. The van der Waals surface area contributed by atoms with Gasteiger partial charge < -0.3 is 9.47 Å². The third-order valence-corrected chi connectivity index (χ3v) is 2.89. The maximum Gasteiger partial charge on any atom is 0.247 e. The molecule has 0 fully saturated rings. The van der Waals surface area contributed by atoms with Crippen molar-refractivity contribution in [2.75, 3.05) is 26.4 Å². The lowest BCUT2D eigenvalue weighted by Crippen LogP contribution is -2.09. The van der Waals surface area contributed by atoms with Crippen LogP contribution in [0.3, 0.4) is 0 Å². The minimum absolute atomic E-state index is 0.0310. The Kier molecular flexibility index (Phi) is 15.4. The Hall–Kier alpha value is -0.380. The molecule has 0 saturated carbocycles. The summed E-state index contributed by atoms with van der Waals surface area (Å²) in [6.07, 6.45) is 12.0. The predicted molar refractivity (Wildman–Crippen MR) is 79.6 cm³/mol. The van der Waals surface area contributed by atoms with Gasteiger partial charge in [-0.25, -0.2) is 0 Å². The van der Waals surface area contributed by atoms with Gasteiger partial charge in [0.05, 0.1) is 13.2 Å². The van der Waals surface area contributed by atoms with Crippen LogP contribution in [0.1, 0.15) is 51.4 Å². The molecular weight excluding hydrogens is 264 g/mol. The van der Waals surface area contributed by atoms with Crippen LogP contribution in [0.2, 0.25) is 0 Å². The number of hydrogen-bond donors (Lipinski definition) is 0. The van der Waals surface area contributed by atoms with Gasteiger partial charge in [0.15, 0.2) is 0 Å². The number of rotatable bonds is 15. The molecule has 0 N–H and O–H groups in total. The van der Waals surface area contributed by atoms with Crippen molar-refractivity contribution in [3.05, 3.63) is 12.7 Å². The predicted octanol–water partition coefficient (Wildman–Crippen LogP) is 4.09. The molecule has 0 aromatic rings. The van der Waals surface area contributed by atoms with E-state index in [0.717, 1.165) is 19.4 Å². The van der Waals surface area contributed by atoms with Crippen LogP contribution in [-0.2, 0) is 14.3 Å².